The maximum atomic E-state index is 3.70. The molecule has 2 bridgehead atoms. The zero-order valence-electron chi connectivity index (χ0n) is 10.8. The summed E-state index contributed by atoms with van der Waals surface area (Å²) in [6.45, 7) is 3.40. The average Bonchev–Trinajstić information content (AvgIpc) is 2.98. The van der Waals surface area contributed by atoms with Gasteiger partial charge in [0.25, 0.3) is 0 Å². The van der Waals surface area contributed by atoms with E-state index in [2.05, 4.69) is 64.6 Å². The van der Waals surface area contributed by atoms with Crippen LogP contribution < -0.4 is 5.32 Å². The number of benzene rings is 1. The molecule has 2 heteroatoms. The third kappa shape index (κ3) is 2.41. The van der Waals surface area contributed by atoms with Gasteiger partial charge in [0, 0.05) is 10.5 Å². The van der Waals surface area contributed by atoms with Crippen LogP contribution in [0.2, 0.25) is 0 Å². The lowest BCUT2D eigenvalue weighted by Gasteiger charge is -2.22. The Balaban J connectivity index is 1.57. The second-order valence-electron chi connectivity index (χ2n) is 5.69. The normalized spacial score (nSPS) is 30.9. The van der Waals surface area contributed by atoms with E-state index in [0.29, 0.717) is 6.04 Å². The van der Waals surface area contributed by atoms with Crippen molar-refractivity contribution in [2.45, 2.75) is 25.8 Å². The summed E-state index contributed by atoms with van der Waals surface area (Å²) in [5, 5.41) is 3.70. The quantitative estimate of drug-likeness (QED) is 0.817. The average molecular weight is 306 g/mol. The van der Waals surface area contributed by atoms with Gasteiger partial charge in [-0.25, -0.2) is 0 Å². The molecule has 1 nitrogen and oxygen atoms in total. The van der Waals surface area contributed by atoms with Gasteiger partial charge in [0.1, 0.15) is 0 Å². The van der Waals surface area contributed by atoms with Crippen molar-refractivity contribution in [3.63, 3.8) is 0 Å². The van der Waals surface area contributed by atoms with Crippen molar-refractivity contribution in [2.75, 3.05) is 6.54 Å². The van der Waals surface area contributed by atoms with Gasteiger partial charge in [-0.2, -0.15) is 0 Å². The number of hydrogen-bond acceptors (Lipinski definition) is 1. The van der Waals surface area contributed by atoms with Gasteiger partial charge in [-0.05, 0) is 55.7 Å². The highest BCUT2D eigenvalue weighted by Gasteiger charge is 2.35. The Hall–Kier alpha value is -0.600. The number of fused-ring (bicyclic) bond motifs is 2. The van der Waals surface area contributed by atoms with E-state index >= 15 is 0 Å². The largest absolute Gasteiger partial charge is 0.310 e. The van der Waals surface area contributed by atoms with Gasteiger partial charge >= 0.3 is 0 Å². The van der Waals surface area contributed by atoms with Crippen LogP contribution in [0, 0.1) is 17.8 Å². The maximum Gasteiger partial charge on any atom is 0.0303 e. The van der Waals surface area contributed by atoms with Gasteiger partial charge in [-0.15, -0.1) is 0 Å². The topological polar surface area (TPSA) is 12.0 Å². The fraction of sp³-hybridized carbons (Fsp3) is 0.500. The first kappa shape index (κ1) is 12.4. The van der Waals surface area contributed by atoms with Gasteiger partial charge in [-0.3, -0.25) is 0 Å². The molecule has 0 aliphatic heterocycles. The van der Waals surface area contributed by atoms with Crippen LogP contribution in [0.5, 0.6) is 0 Å². The molecule has 1 aromatic carbocycles. The second-order valence-corrected chi connectivity index (χ2v) is 6.55. The van der Waals surface area contributed by atoms with Gasteiger partial charge in [0.15, 0.2) is 0 Å². The van der Waals surface area contributed by atoms with Crippen molar-refractivity contribution in [1.82, 2.24) is 5.32 Å². The molecule has 0 spiro atoms. The summed E-state index contributed by atoms with van der Waals surface area (Å²) in [6, 6.07) is 8.92. The Morgan fingerprint density at radius 3 is 2.78 bits per heavy atom. The number of hydrogen-bond donors (Lipinski definition) is 1. The molecule has 1 saturated carbocycles. The Bertz CT molecular complexity index is 454. The standard InChI is InChI=1S/C16H20BrN/c1-11(15-4-2-3-5-16(15)17)18-10-14-9-12-6-7-13(14)8-12/h2-7,11-14,18H,8-10H2,1H3. The molecule has 1 fully saturated rings. The molecular formula is C16H20BrN. The predicted molar refractivity (Wildman–Crippen MR) is 79.4 cm³/mol. The van der Waals surface area contributed by atoms with E-state index in [1.807, 2.05) is 0 Å². The first-order valence-corrected chi connectivity index (χ1v) is 7.69. The summed E-state index contributed by atoms with van der Waals surface area (Å²) in [4.78, 5) is 0. The molecule has 0 radical (unpaired) electrons. The van der Waals surface area contributed by atoms with E-state index in [0.717, 1.165) is 24.3 Å². The Labute approximate surface area is 118 Å². The fourth-order valence-electron chi connectivity index (χ4n) is 3.39. The van der Waals surface area contributed by atoms with Crippen molar-refractivity contribution < 1.29 is 0 Å². The summed E-state index contributed by atoms with van der Waals surface area (Å²) >= 11 is 3.63. The van der Waals surface area contributed by atoms with Crippen molar-refractivity contribution >= 4 is 15.9 Å². The molecule has 2 aliphatic carbocycles. The lowest BCUT2D eigenvalue weighted by molar-refractivity contribution is 0.393. The highest BCUT2D eigenvalue weighted by molar-refractivity contribution is 9.10. The molecule has 2 aliphatic rings. The van der Waals surface area contributed by atoms with Crippen LogP contribution in [0.1, 0.15) is 31.4 Å². The summed E-state index contributed by atoms with van der Waals surface area (Å²) in [6.07, 6.45) is 7.63. The number of rotatable bonds is 4. The minimum Gasteiger partial charge on any atom is -0.310 e. The number of halogens is 1. The van der Waals surface area contributed by atoms with E-state index in [1.54, 1.807) is 0 Å². The monoisotopic (exact) mass is 305 g/mol. The Morgan fingerprint density at radius 1 is 1.28 bits per heavy atom. The molecular weight excluding hydrogens is 286 g/mol. The molecule has 4 atom stereocenters. The van der Waals surface area contributed by atoms with Gasteiger partial charge in [0.2, 0.25) is 0 Å². The molecule has 1 aromatic rings. The van der Waals surface area contributed by atoms with Crippen LogP contribution in [-0.4, -0.2) is 6.54 Å². The molecule has 18 heavy (non-hydrogen) atoms. The van der Waals surface area contributed by atoms with Crippen LogP contribution >= 0.6 is 15.9 Å². The molecule has 0 saturated heterocycles. The zero-order chi connectivity index (χ0) is 12.5. The minimum atomic E-state index is 0.420. The van der Waals surface area contributed by atoms with E-state index in [4.69, 9.17) is 0 Å². The lowest BCUT2D eigenvalue weighted by Crippen LogP contribution is -2.28. The number of nitrogens with one attached hydrogen (secondary N) is 1. The molecule has 3 rings (SSSR count). The molecule has 1 N–H and O–H groups in total. The molecule has 4 unspecified atom stereocenters. The highest BCUT2D eigenvalue weighted by atomic mass is 79.9. The number of allylic oxidation sites excluding steroid dienone is 2. The molecule has 0 heterocycles. The third-order valence-electron chi connectivity index (χ3n) is 4.47. The minimum absolute atomic E-state index is 0.420. The SMILES string of the molecule is CC(NCC1CC2C=CC1C2)c1ccccc1Br. The van der Waals surface area contributed by atoms with E-state index in [-0.39, 0.29) is 0 Å². The molecule has 96 valence electrons. The zero-order valence-corrected chi connectivity index (χ0v) is 12.4. The summed E-state index contributed by atoms with van der Waals surface area (Å²) in [5.41, 5.74) is 1.36. The van der Waals surface area contributed by atoms with Crippen LogP contribution in [0.25, 0.3) is 0 Å². The second kappa shape index (κ2) is 5.18. The summed E-state index contributed by atoms with van der Waals surface area (Å²) < 4.78 is 1.21. The van der Waals surface area contributed by atoms with E-state index < -0.39 is 0 Å². The smallest absolute Gasteiger partial charge is 0.0303 e. The highest BCUT2D eigenvalue weighted by Crippen LogP contribution is 2.43. The van der Waals surface area contributed by atoms with Crippen LogP contribution in [0.4, 0.5) is 0 Å². The van der Waals surface area contributed by atoms with Crippen LogP contribution in [-0.2, 0) is 0 Å². The summed E-state index contributed by atoms with van der Waals surface area (Å²) in [7, 11) is 0. The Morgan fingerprint density at radius 2 is 2.11 bits per heavy atom. The van der Waals surface area contributed by atoms with Crippen molar-refractivity contribution in [2.24, 2.45) is 17.8 Å². The van der Waals surface area contributed by atoms with Crippen LogP contribution in [0.15, 0.2) is 40.9 Å². The maximum absolute atomic E-state index is 3.70. The molecule has 0 amide bonds. The van der Waals surface area contributed by atoms with E-state index in [9.17, 15) is 0 Å². The lowest BCUT2D eigenvalue weighted by atomic mass is 9.93. The van der Waals surface area contributed by atoms with Crippen molar-refractivity contribution in [3.05, 3.63) is 46.5 Å². The summed E-state index contributed by atoms with van der Waals surface area (Å²) in [5.74, 6) is 2.57. The first-order valence-electron chi connectivity index (χ1n) is 6.90. The van der Waals surface area contributed by atoms with E-state index in [1.165, 1.54) is 22.9 Å². The fourth-order valence-corrected chi connectivity index (χ4v) is 4.02. The van der Waals surface area contributed by atoms with Gasteiger partial charge in [0.05, 0.1) is 0 Å². The van der Waals surface area contributed by atoms with Crippen molar-refractivity contribution in [3.8, 4) is 0 Å². The van der Waals surface area contributed by atoms with Crippen LogP contribution in [0.3, 0.4) is 0 Å². The van der Waals surface area contributed by atoms with Gasteiger partial charge in [-0.1, -0.05) is 46.3 Å². The van der Waals surface area contributed by atoms with Gasteiger partial charge < -0.3 is 5.32 Å². The third-order valence-corrected chi connectivity index (χ3v) is 5.20. The van der Waals surface area contributed by atoms with Crippen molar-refractivity contribution in [1.29, 1.82) is 0 Å². The Kier molecular flexibility index (Phi) is 3.58. The predicted octanol–water partition coefficient (Wildman–Crippen LogP) is 4.31. The first-order chi connectivity index (χ1) is 8.74. The molecule has 0 aromatic heterocycles.